The minimum Gasteiger partial charge on any atom is -0.478 e. The third-order valence-electron chi connectivity index (χ3n) is 1.72. The number of benzene rings is 1. The lowest BCUT2D eigenvalue weighted by Crippen LogP contribution is -1.91. The zero-order valence-electron chi connectivity index (χ0n) is 7.69. The molecule has 0 aliphatic carbocycles. The SMILES string of the molecule is Cc1cccc(/C(C#N)=C/C(=O)O)c1. The molecule has 0 atom stereocenters. The van der Waals surface area contributed by atoms with Crippen LogP contribution in [0, 0.1) is 18.3 Å². The Morgan fingerprint density at radius 1 is 1.57 bits per heavy atom. The Balaban J connectivity index is 3.15. The molecule has 0 aromatic heterocycles. The van der Waals surface area contributed by atoms with Crippen LogP contribution >= 0.6 is 0 Å². The second kappa shape index (κ2) is 4.24. The summed E-state index contributed by atoms with van der Waals surface area (Å²) in [7, 11) is 0. The van der Waals surface area contributed by atoms with Crippen LogP contribution in [0.25, 0.3) is 5.57 Å². The average Bonchev–Trinajstić information content (AvgIpc) is 2.14. The first-order valence-corrected chi connectivity index (χ1v) is 4.05. The van der Waals surface area contributed by atoms with Crippen LogP contribution in [0.1, 0.15) is 11.1 Å². The third kappa shape index (κ3) is 2.46. The zero-order chi connectivity index (χ0) is 10.6. The number of aryl methyl sites for hydroxylation is 1. The number of carbonyl (C=O) groups is 1. The fourth-order valence-electron chi connectivity index (χ4n) is 1.12. The van der Waals surface area contributed by atoms with Gasteiger partial charge in [-0.05, 0) is 12.5 Å². The van der Waals surface area contributed by atoms with Gasteiger partial charge in [-0.25, -0.2) is 4.79 Å². The number of carboxylic acids is 1. The molecule has 0 amide bonds. The van der Waals surface area contributed by atoms with Crippen molar-refractivity contribution < 1.29 is 9.90 Å². The Kier molecular flexibility index (Phi) is 3.03. The summed E-state index contributed by atoms with van der Waals surface area (Å²) in [5.74, 6) is -1.11. The van der Waals surface area contributed by atoms with Crippen LogP contribution in [0.15, 0.2) is 30.3 Å². The second-order valence-electron chi connectivity index (χ2n) is 2.88. The number of nitriles is 1. The van der Waals surface area contributed by atoms with E-state index in [0.29, 0.717) is 5.56 Å². The van der Waals surface area contributed by atoms with Crippen molar-refractivity contribution in [2.45, 2.75) is 6.92 Å². The van der Waals surface area contributed by atoms with E-state index in [1.165, 1.54) is 0 Å². The van der Waals surface area contributed by atoms with Crippen molar-refractivity contribution in [3.63, 3.8) is 0 Å². The quantitative estimate of drug-likeness (QED) is 0.568. The summed E-state index contributed by atoms with van der Waals surface area (Å²) in [4.78, 5) is 10.4. The first-order chi connectivity index (χ1) is 6.63. The van der Waals surface area contributed by atoms with Gasteiger partial charge in [0, 0.05) is 6.08 Å². The number of hydrogen-bond donors (Lipinski definition) is 1. The number of allylic oxidation sites excluding steroid dienone is 1. The first kappa shape index (κ1) is 10.0. The van der Waals surface area contributed by atoms with E-state index < -0.39 is 5.97 Å². The van der Waals surface area contributed by atoms with Crippen molar-refractivity contribution in [3.8, 4) is 6.07 Å². The average molecular weight is 187 g/mol. The van der Waals surface area contributed by atoms with E-state index in [2.05, 4.69) is 0 Å². The lowest BCUT2D eigenvalue weighted by molar-refractivity contribution is -0.131. The normalized spacial score (nSPS) is 10.7. The molecule has 0 saturated carbocycles. The summed E-state index contributed by atoms with van der Waals surface area (Å²) >= 11 is 0. The molecule has 0 radical (unpaired) electrons. The van der Waals surface area contributed by atoms with Crippen molar-refractivity contribution in [2.75, 3.05) is 0 Å². The Morgan fingerprint density at radius 3 is 2.79 bits per heavy atom. The maximum Gasteiger partial charge on any atom is 0.329 e. The predicted octanol–water partition coefficient (Wildman–Crippen LogP) is 1.99. The molecule has 14 heavy (non-hydrogen) atoms. The first-order valence-electron chi connectivity index (χ1n) is 4.05. The lowest BCUT2D eigenvalue weighted by atomic mass is 10.0. The van der Waals surface area contributed by atoms with Crippen LogP contribution in [0.4, 0.5) is 0 Å². The molecule has 0 bridgehead atoms. The third-order valence-corrected chi connectivity index (χ3v) is 1.72. The minimum atomic E-state index is -1.11. The molecule has 0 spiro atoms. The van der Waals surface area contributed by atoms with Crippen molar-refractivity contribution in [1.29, 1.82) is 5.26 Å². The van der Waals surface area contributed by atoms with Gasteiger partial charge in [0.1, 0.15) is 6.07 Å². The van der Waals surface area contributed by atoms with Crippen LogP contribution in [-0.2, 0) is 4.79 Å². The molecule has 1 aromatic rings. The predicted molar refractivity (Wildman–Crippen MR) is 52.4 cm³/mol. The largest absolute Gasteiger partial charge is 0.478 e. The highest BCUT2D eigenvalue weighted by atomic mass is 16.4. The van der Waals surface area contributed by atoms with Crippen molar-refractivity contribution in [1.82, 2.24) is 0 Å². The summed E-state index contributed by atoms with van der Waals surface area (Å²) in [6.45, 7) is 1.89. The van der Waals surface area contributed by atoms with E-state index in [1.807, 2.05) is 19.1 Å². The van der Waals surface area contributed by atoms with E-state index in [9.17, 15) is 4.79 Å². The second-order valence-corrected chi connectivity index (χ2v) is 2.88. The summed E-state index contributed by atoms with van der Waals surface area (Å²) in [6.07, 6.45) is 0.911. The van der Waals surface area contributed by atoms with Gasteiger partial charge in [0.25, 0.3) is 0 Å². The molecular formula is C11H9NO2. The number of aliphatic carboxylic acids is 1. The number of rotatable bonds is 2. The molecular weight excluding hydrogens is 178 g/mol. The van der Waals surface area contributed by atoms with Crippen molar-refractivity contribution in [2.24, 2.45) is 0 Å². The van der Waals surface area contributed by atoms with Crippen LogP contribution < -0.4 is 0 Å². The molecule has 3 heteroatoms. The molecule has 0 aliphatic heterocycles. The maximum absolute atomic E-state index is 10.4. The topological polar surface area (TPSA) is 61.1 Å². The molecule has 0 saturated heterocycles. The van der Waals surface area contributed by atoms with Crippen LogP contribution in [0.3, 0.4) is 0 Å². The summed E-state index contributed by atoms with van der Waals surface area (Å²) < 4.78 is 0. The van der Waals surface area contributed by atoms with E-state index in [4.69, 9.17) is 10.4 Å². The highest BCUT2D eigenvalue weighted by molar-refractivity contribution is 5.94. The van der Waals surface area contributed by atoms with Gasteiger partial charge in [0.2, 0.25) is 0 Å². The van der Waals surface area contributed by atoms with Gasteiger partial charge in [0.15, 0.2) is 0 Å². The highest BCUT2D eigenvalue weighted by Gasteiger charge is 2.02. The van der Waals surface area contributed by atoms with E-state index >= 15 is 0 Å². The van der Waals surface area contributed by atoms with Gasteiger partial charge in [-0.3, -0.25) is 0 Å². The number of carboxylic acid groups (broad SMARTS) is 1. The van der Waals surface area contributed by atoms with E-state index in [-0.39, 0.29) is 5.57 Å². The van der Waals surface area contributed by atoms with Crippen LogP contribution in [-0.4, -0.2) is 11.1 Å². The van der Waals surface area contributed by atoms with Crippen molar-refractivity contribution >= 4 is 11.5 Å². The zero-order valence-corrected chi connectivity index (χ0v) is 7.69. The summed E-state index contributed by atoms with van der Waals surface area (Å²) in [5, 5.41) is 17.3. The maximum atomic E-state index is 10.4. The Labute approximate surface area is 81.9 Å². The lowest BCUT2D eigenvalue weighted by Gasteiger charge is -1.98. The van der Waals surface area contributed by atoms with Crippen LogP contribution in [0.2, 0.25) is 0 Å². The molecule has 3 nitrogen and oxygen atoms in total. The monoisotopic (exact) mass is 187 g/mol. The van der Waals surface area contributed by atoms with Gasteiger partial charge in [0.05, 0.1) is 5.57 Å². The molecule has 1 aromatic carbocycles. The van der Waals surface area contributed by atoms with Crippen LogP contribution in [0.5, 0.6) is 0 Å². The van der Waals surface area contributed by atoms with Gasteiger partial charge >= 0.3 is 5.97 Å². The molecule has 0 unspecified atom stereocenters. The highest BCUT2D eigenvalue weighted by Crippen LogP contribution is 2.14. The minimum absolute atomic E-state index is 0.168. The van der Waals surface area contributed by atoms with Gasteiger partial charge < -0.3 is 5.11 Å². The smallest absolute Gasteiger partial charge is 0.329 e. The Bertz CT molecular complexity index is 427. The standard InChI is InChI=1S/C11H9NO2/c1-8-3-2-4-9(5-8)10(7-12)6-11(13)14/h2-6H,1H3,(H,13,14)/b10-6+. The van der Waals surface area contributed by atoms with Gasteiger partial charge in [-0.15, -0.1) is 0 Å². The fourth-order valence-corrected chi connectivity index (χ4v) is 1.12. The molecule has 1 rings (SSSR count). The molecule has 0 heterocycles. The van der Waals surface area contributed by atoms with E-state index in [1.54, 1.807) is 18.2 Å². The fraction of sp³-hybridized carbons (Fsp3) is 0.0909. The molecule has 1 N–H and O–H groups in total. The number of nitrogens with zero attached hydrogens (tertiary/aromatic N) is 1. The molecule has 0 aliphatic rings. The Morgan fingerprint density at radius 2 is 2.29 bits per heavy atom. The van der Waals surface area contributed by atoms with Gasteiger partial charge in [-0.1, -0.05) is 29.8 Å². The molecule has 70 valence electrons. The van der Waals surface area contributed by atoms with Gasteiger partial charge in [-0.2, -0.15) is 5.26 Å². The number of hydrogen-bond acceptors (Lipinski definition) is 2. The molecule has 0 fully saturated rings. The summed E-state index contributed by atoms with van der Waals surface area (Å²) in [6, 6.07) is 9.02. The summed E-state index contributed by atoms with van der Waals surface area (Å²) in [5.41, 5.74) is 1.80. The van der Waals surface area contributed by atoms with Crippen molar-refractivity contribution in [3.05, 3.63) is 41.5 Å². The van der Waals surface area contributed by atoms with E-state index in [0.717, 1.165) is 11.6 Å². The Hall–Kier alpha value is -2.08.